The minimum Gasteiger partial charge on any atom is -0.454 e. The van der Waals surface area contributed by atoms with Crippen molar-refractivity contribution >= 4 is 11.8 Å². The maximum Gasteiger partial charge on any atom is 0.338 e. The number of carbonyl (C=O) groups excluding carboxylic acids is 2. The normalized spacial score (nSPS) is 13.2. The van der Waals surface area contributed by atoms with Crippen LogP contribution in [0.4, 0.5) is 8.78 Å². The Morgan fingerprint density at radius 1 is 0.958 bits per heavy atom. The van der Waals surface area contributed by atoms with Gasteiger partial charge < -0.3 is 4.74 Å². The minimum absolute atomic E-state index is 0.297. The molecule has 2 aromatic rings. The molecule has 3 nitrogen and oxygen atoms in total. The van der Waals surface area contributed by atoms with E-state index in [0.717, 1.165) is 43.4 Å². The van der Waals surface area contributed by atoms with Crippen molar-refractivity contribution < 1.29 is 23.1 Å². The Morgan fingerprint density at radius 2 is 1.71 bits per heavy atom. The molecule has 3 rings (SSSR count). The van der Waals surface area contributed by atoms with Crippen LogP contribution in [0.15, 0.2) is 36.4 Å². The highest BCUT2D eigenvalue weighted by molar-refractivity contribution is 5.99. The van der Waals surface area contributed by atoms with Gasteiger partial charge in [-0.2, -0.15) is 0 Å². The van der Waals surface area contributed by atoms with Gasteiger partial charge in [0.05, 0.1) is 11.1 Å². The highest BCUT2D eigenvalue weighted by atomic mass is 19.1. The lowest BCUT2D eigenvalue weighted by Gasteiger charge is -2.16. The molecule has 0 radical (unpaired) electrons. The number of benzene rings is 2. The summed E-state index contributed by atoms with van der Waals surface area (Å²) in [5.74, 6) is -3.07. The van der Waals surface area contributed by atoms with Crippen LogP contribution in [-0.4, -0.2) is 18.4 Å². The van der Waals surface area contributed by atoms with Crippen molar-refractivity contribution in [1.82, 2.24) is 0 Å². The molecule has 0 aromatic heterocycles. The highest BCUT2D eigenvalue weighted by Gasteiger charge is 2.17. The number of hydrogen-bond acceptors (Lipinski definition) is 3. The number of rotatable bonds is 4. The third-order valence-electron chi connectivity index (χ3n) is 4.15. The Balaban J connectivity index is 1.66. The fourth-order valence-corrected chi connectivity index (χ4v) is 2.87. The van der Waals surface area contributed by atoms with E-state index >= 15 is 0 Å². The summed E-state index contributed by atoms with van der Waals surface area (Å²) in [4.78, 5) is 24.0. The number of Topliss-reactive ketones (excluding diaryl/α,β-unsaturated/α-hetero) is 1. The van der Waals surface area contributed by atoms with Crippen molar-refractivity contribution in [2.24, 2.45) is 0 Å². The van der Waals surface area contributed by atoms with Gasteiger partial charge in [0.15, 0.2) is 6.61 Å². The Hall–Kier alpha value is -2.56. The Labute approximate surface area is 138 Å². The molecular weight excluding hydrogens is 314 g/mol. The summed E-state index contributed by atoms with van der Waals surface area (Å²) < 4.78 is 31.4. The van der Waals surface area contributed by atoms with Gasteiger partial charge in [-0.05, 0) is 61.1 Å². The van der Waals surface area contributed by atoms with Gasteiger partial charge in [-0.25, -0.2) is 13.6 Å². The molecule has 0 N–H and O–H groups in total. The second kappa shape index (κ2) is 6.91. The lowest BCUT2D eigenvalue weighted by atomic mass is 9.90. The van der Waals surface area contributed by atoms with E-state index in [-0.39, 0.29) is 5.56 Å². The predicted molar refractivity (Wildman–Crippen MR) is 84.1 cm³/mol. The van der Waals surface area contributed by atoms with Gasteiger partial charge in [-0.3, -0.25) is 4.79 Å². The zero-order valence-corrected chi connectivity index (χ0v) is 13.0. The molecule has 0 aliphatic heterocycles. The Bertz CT molecular complexity index is 799. The number of ether oxygens (including phenoxy) is 1. The molecule has 1 aliphatic rings. The van der Waals surface area contributed by atoms with E-state index in [4.69, 9.17) is 4.74 Å². The maximum absolute atomic E-state index is 13.5. The molecule has 0 atom stereocenters. The zero-order chi connectivity index (χ0) is 17.1. The van der Waals surface area contributed by atoms with Crippen LogP contribution in [0.5, 0.6) is 0 Å². The lowest BCUT2D eigenvalue weighted by Crippen LogP contribution is -2.16. The molecule has 0 spiro atoms. The summed E-state index contributed by atoms with van der Waals surface area (Å²) in [5, 5.41) is 0. The van der Waals surface area contributed by atoms with Crippen molar-refractivity contribution in [3.8, 4) is 0 Å². The van der Waals surface area contributed by atoms with Gasteiger partial charge in [0.1, 0.15) is 11.6 Å². The van der Waals surface area contributed by atoms with E-state index in [1.165, 1.54) is 5.56 Å². The lowest BCUT2D eigenvalue weighted by molar-refractivity contribution is 0.0473. The van der Waals surface area contributed by atoms with E-state index in [1.54, 1.807) is 12.1 Å². The predicted octanol–water partition coefficient (Wildman–Crippen LogP) is 3.88. The van der Waals surface area contributed by atoms with Crippen LogP contribution in [0.3, 0.4) is 0 Å². The highest BCUT2D eigenvalue weighted by Crippen LogP contribution is 2.22. The number of hydrogen-bond donors (Lipinski definition) is 0. The molecule has 0 saturated heterocycles. The number of fused-ring (bicyclic) bond motifs is 1. The van der Waals surface area contributed by atoms with Crippen LogP contribution in [0.25, 0.3) is 0 Å². The fourth-order valence-electron chi connectivity index (χ4n) is 2.87. The van der Waals surface area contributed by atoms with Crippen LogP contribution in [-0.2, 0) is 17.6 Å². The SMILES string of the molecule is O=C(OCC(=O)c1ccc(F)cc1F)c1ccc2c(c1)CCCC2. The van der Waals surface area contributed by atoms with E-state index in [1.807, 2.05) is 6.07 Å². The quantitative estimate of drug-likeness (QED) is 0.631. The molecule has 24 heavy (non-hydrogen) atoms. The summed E-state index contributed by atoms with van der Waals surface area (Å²) in [5.41, 5.74) is 2.45. The average Bonchev–Trinajstić information content (AvgIpc) is 2.59. The van der Waals surface area contributed by atoms with Crippen molar-refractivity contribution in [1.29, 1.82) is 0 Å². The average molecular weight is 330 g/mol. The largest absolute Gasteiger partial charge is 0.454 e. The summed E-state index contributed by atoms with van der Waals surface area (Å²) in [7, 11) is 0. The first-order valence-electron chi connectivity index (χ1n) is 7.82. The van der Waals surface area contributed by atoms with Crippen molar-refractivity contribution in [3.05, 3.63) is 70.3 Å². The first kappa shape index (κ1) is 16.3. The Kier molecular flexibility index (Phi) is 4.69. The molecule has 124 valence electrons. The van der Waals surface area contributed by atoms with E-state index in [2.05, 4.69) is 0 Å². The molecule has 1 aliphatic carbocycles. The number of halogens is 2. The van der Waals surface area contributed by atoms with E-state index in [0.29, 0.717) is 11.6 Å². The fraction of sp³-hybridized carbons (Fsp3) is 0.263. The van der Waals surface area contributed by atoms with Crippen LogP contribution < -0.4 is 0 Å². The van der Waals surface area contributed by atoms with Gasteiger partial charge in [0, 0.05) is 6.07 Å². The zero-order valence-electron chi connectivity index (χ0n) is 13.0. The van der Waals surface area contributed by atoms with Crippen LogP contribution in [0, 0.1) is 11.6 Å². The maximum atomic E-state index is 13.5. The molecule has 0 heterocycles. The molecule has 5 heteroatoms. The van der Waals surface area contributed by atoms with Gasteiger partial charge in [0.25, 0.3) is 0 Å². The first-order chi connectivity index (χ1) is 11.5. The molecule has 0 fully saturated rings. The standard InChI is InChI=1S/C19H16F2O3/c20-15-7-8-16(17(21)10-15)18(22)11-24-19(23)14-6-5-12-3-1-2-4-13(12)9-14/h5-10H,1-4,11H2. The molecular formula is C19H16F2O3. The second-order valence-corrected chi connectivity index (χ2v) is 5.81. The third kappa shape index (κ3) is 3.50. The Morgan fingerprint density at radius 3 is 2.46 bits per heavy atom. The van der Waals surface area contributed by atoms with Crippen molar-refractivity contribution in [2.45, 2.75) is 25.7 Å². The van der Waals surface area contributed by atoms with E-state index < -0.39 is 30.0 Å². The summed E-state index contributed by atoms with van der Waals surface area (Å²) in [6, 6.07) is 8.03. The topological polar surface area (TPSA) is 43.4 Å². The van der Waals surface area contributed by atoms with Gasteiger partial charge in [-0.15, -0.1) is 0 Å². The molecule has 0 unspecified atom stereocenters. The third-order valence-corrected chi connectivity index (χ3v) is 4.15. The van der Waals surface area contributed by atoms with Gasteiger partial charge in [-0.1, -0.05) is 6.07 Å². The number of esters is 1. The smallest absolute Gasteiger partial charge is 0.338 e. The second-order valence-electron chi connectivity index (χ2n) is 5.81. The van der Waals surface area contributed by atoms with Crippen molar-refractivity contribution in [3.63, 3.8) is 0 Å². The van der Waals surface area contributed by atoms with Crippen LogP contribution in [0.1, 0.15) is 44.7 Å². The van der Waals surface area contributed by atoms with Crippen LogP contribution >= 0.6 is 0 Å². The van der Waals surface area contributed by atoms with Crippen molar-refractivity contribution in [2.75, 3.05) is 6.61 Å². The molecule has 0 amide bonds. The minimum atomic E-state index is -0.968. The first-order valence-corrected chi connectivity index (χ1v) is 7.82. The number of aryl methyl sites for hydroxylation is 2. The number of carbonyl (C=O) groups is 2. The van der Waals surface area contributed by atoms with E-state index in [9.17, 15) is 18.4 Å². The number of ketones is 1. The van der Waals surface area contributed by atoms with Gasteiger partial charge >= 0.3 is 5.97 Å². The van der Waals surface area contributed by atoms with Gasteiger partial charge in [0.2, 0.25) is 5.78 Å². The molecule has 0 saturated carbocycles. The monoisotopic (exact) mass is 330 g/mol. The molecule has 0 bridgehead atoms. The summed E-state index contributed by atoms with van der Waals surface area (Å²) >= 11 is 0. The summed E-state index contributed by atoms with van der Waals surface area (Å²) in [6.45, 7) is -0.585. The summed E-state index contributed by atoms with van der Waals surface area (Å²) in [6.07, 6.45) is 4.17. The van der Waals surface area contributed by atoms with Crippen LogP contribution in [0.2, 0.25) is 0 Å². The molecule has 2 aromatic carbocycles.